The zero-order valence-corrected chi connectivity index (χ0v) is 10.9. The molecule has 1 aromatic rings. The van der Waals surface area contributed by atoms with Crippen LogP contribution in [0, 0.1) is 17.2 Å². The van der Waals surface area contributed by atoms with Crippen molar-refractivity contribution in [2.75, 3.05) is 26.2 Å². The molecular weight excluding hydrogens is 240 g/mol. The van der Waals surface area contributed by atoms with Crippen LogP contribution in [0.15, 0.2) is 24.3 Å². The molecule has 3 aliphatic rings. The second kappa shape index (κ2) is 4.84. The van der Waals surface area contributed by atoms with Crippen molar-refractivity contribution < 1.29 is 9.84 Å². The summed E-state index contributed by atoms with van der Waals surface area (Å²) in [5.74, 6) is 1.07. The predicted molar refractivity (Wildman–Crippen MR) is 70.8 cm³/mol. The third-order valence-electron chi connectivity index (χ3n) is 4.32. The molecule has 3 aliphatic heterocycles. The van der Waals surface area contributed by atoms with E-state index >= 15 is 0 Å². The minimum atomic E-state index is -0.718. The Bertz CT molecular complexity index is 486. The summed E-state index contributed by atoms with van der Waals surface area (Å²) >= 11 is 0. The maximum absolute atomic E-state index is 10.7. The molecule has 4 heteroatoms. The van der Waals surface area contributed by atoms with Crippen LogP contribution in [0.2, 0.25) is 0 Å². The van der Waals surface area contributed by atoms with Crippen molar-refractivity contribution in [2.24, 2.45) is 5.92 Å². The third kappa shape index (κ3) is 2.44. The second-order valence-electron chi connectivity index (χ2n) is 5.58. The van der Waals surface area contributed by atoms with E-state index in [1.54, 1.807) is 24.3 Å². The third-order valence-corrected chi connectivity index (χ3v) is 4.32. The summed E-state index contributed by atoms with van der Waals surface area (Å²) in [5, 5.41) is 19.4. The van der Waals surface area contributed by atoms with Gasteiger partial charge in [-0.2, -0.15) is 5.26 Å². The summed E-state index contributed by atoms with van der Waals surface area (Å²) < 4.78 is 5.71. The fraction of sp³-hybridized carbons (Fsp3) is 0.533. The van der Waals surface area contributed by atoms with Crippen molar-refractivity contribution in [2.45, 2.75) is 18.4 Å². The van der Waals surface area contributed by atoms with E-state index in [-0.39, 0.29) is 0 Å². The molecular formula is C15H18N2O2. The average Bonchev–Trinajstić information content (AvgIpc) is 2.47. The topological polar surface area (TPSA) is 56.5 Å². The highest BCUT2D eigenvalue weighted by atomic mass is 16.5. The van der Waals surface area contributed by atoms with Crippen LogP contribution in [0.1, 0.15) is 18.4 Å². The van der Waals surface area contributed by atoms with Crippen molar-refractivity contribution in [3.8, 4) is 11.8 Å². The summed E-state index contributed by atoms with van der Waals surface area (Å²) in [6.45, 7) is 3.25. The van der Waals surface area contributed by atoms with Gasteiger partial charge in [0.25, 0.3) is 0 Å². The monoisotopic (exact) mass is 258 g/mol. The first-order valence-corrected chi connectivity index (χ1v) is 6.77. The summed E-state index contributed by atoms with van der Waals surface area (Å²) in [6, 6.07) is 9.10. The Morgan fingerprint density at radius 2 is 2.00 bits per heavy atom. The van der Waals surface area contributed by atoms with Crippen molar-refractivity contribution in [1.29, 1.82) is 5.26 Å². The number of hydrogen-bond donors (Lipinski definition) is 1. The average molecular weight is 258 g/mol. The highest BCUT2D eigenvalue weighted by Crippen LogP contribution is 2.35. The Morgan fingerprint density at radius 3 is 2.53 bits per heavy atom. The maximum atomic E-state index is 10.7. The molecule has 3 fully saturated rings. The van der Waals surface area contributed by atoms with E-state index in [4.69, 9.17) is 10.00 Å². The number of piperidine rings is 3. The molecule has 3 heterocycles. The van der Waals surface area contributed by atoms with E-state index in [1.807, 2.05) is 0 Å². The number of hydrogen-bond acceptors (Lipinski definition) is 4. The van der Waals surface area contributed by atoms with Gasteiger partial charge in [-0.25, -0.2) is 0 Å². The Labute approximate surface area is 113 Å². The lowest BCUT2D eigenvalue weighted by atomic mass is 9.76. The van der Waals surface area contributed by atoms with Gasteiger partial charge in [0, 0.05) is 6.54 Å². The highest BCUT2D eigenvalue weighted by Gasteiger charge is 2.45. The predicted octanol–water partition coefficient (Wildman–Crippen LogP) is 1.39. The van der Waals surface area contributed by atoms with Crippen LogP contribution in [0.5, 0.6) is 5.75 Å². The maximum Gasteiger partial charge on any atom is 0.119 e. The number of ether oxygens (including phenoxy) is 1. The molecule has 0 aliphatic carbocycles. The second-order valence-corrected chi connectivity index (χ2v) is 5.58. The van der Waals surface area contributed by atoms with Gasteiger partial charge in [-0.05, 0) is 56.1 Å². The van der Waals surface area contributed by atoms with E-state index in [0.29, 0.717) is 30.4 Å². The normalized spacial score (nSPS) is 32.8. The van der Waals surface area contributed by atoms with E-state index < -0.39 is 5.60 Å². The summed E-state index contributed by atoms with van der Waals surface area (Å²) in [6.07, 6.45) is 2.13. The van der Waals surface area contributed by atoms with E-state index in [2.05, 4.69) is 11.0 Å². The Balaban J connectivity index is 1.63. The van der Waals surface area contributed by atoms with Crippen LogP contribution in [0.3, 0.4) is 0 Å². The van der Waals surface area contributed by atoms with Gasteiger partial charge < -0.3 is 14.7 Å². The fourth-order valence-electron chi connectivity index (χ4n) is 3.14. The quantitative estimate of drug-likeness (QED) is 0.890. The number of nitrogens with zero attached hydrogens (tertiary/aromatic N) is 2. The van der Waals surface area contributed by atoms with Gasteiger partial charge in [0.1, 0.15) is 18.0 Å². The standard InChI is InChI=1S/C15H18N2O2/c16-9-12-1-3-14(4-2-12)19-11-15(18)10-17-7-5-13(15)6-8-17/h1-4,13,18H,5-8,10-11H2. The molecule has 1 atom stereocenters. The number of aliphatic hydroxyl groups is 1. The molecule has 1 unspecified atom stereocenters. The molecule has 4 rings (SSSR count). The molecule has 19 heavy (non-hydrogen) atoms. The van der Waals surface area contributed by atoms with Gasteiger partial charge >= 0.3 is 0 Å². The first kappa shape index (κ1) is 12.5. The van der Waals surface area contributed by atoms with Crippen LogP contribution in [-0.4, -0.2) is 41.8 Å². The SMILES string of the molecule is N#Cc1ccc(OCC2(O)CN3CCC2CC3)cc1. The molecule has 3 saturated heterocycles. The first-order chi connectivity index (χ1) is 9.19. The summed E-state index contributed by atoms with van der Waals surface area (Å²) in [7, 11) is 0. The van der Waals surface area contributed by atoms with E-state index in [9.17, 15) is 5.11 Å². The van der Waals surface area contributed by atoms with Crippen molar-refractivity contribution in [3.05, 3.63) is 29.8 Å². The Morgan fingerprint density at radius 1 is 1.32 bits per heavy atom. The van der Waals surface area contributed by atoms with Gasteiger partial charge in [0.2, 0.25) is 0 Å². The van der Waals surface area contributed by atoms with E-state index in [0.717, 1.165) is 25.9 Å². The number of benzene rings is 1. The molecule has 2 bridgehead atoms. The van der Waals surface area contributed by atoms with Crippen LogP contribution in [0.4, 0.5) is 0 Å². The highest BCUT2D eigenvalue weighted by molar-refractivity contribution is 5.34. The zero-order chi connectivity index (χ0) is 13.3. The van der Waals surface area contributed by atoms with Crippen molar-refractivity contribution >= 4 is 0 Å². The lowest BCUT2D eigenvalue weighted by Crippen LogP contribution is -2.61. The number of nitriles is 1. The van der Waals surface area contributed by atoms with Gasteiger partial charge in [-0.1, -0.05) is 0 Å². The molecule has 0 radical (unpaired) electrons. The molecule has 0 saturated carbocycles. The van der Waals surface area contributed by atoms with Crippen LogP contribution >= 0.6 is 0 Å². The zero-order valence-electron chi connectivity index (χ0n) is 10.9. The molecule has 100 valence electrons. The van der Waals surface area contributed by atoms with Crippen LogP contribution in [0.25, 0.3) is 0 Å². The largest absolute Gasteiger partial charge is 0.491 e. The van der Waals surface area contributed by atoms with Gasteiger partial charge in [0.15, 0.2) is 0 Å². The molecule has 0 amide bonds. The Hall–Kier alpha value is -1.57. The lowest BCUT2D eigenvalue weighted by Gasteiger charge is -2.49. The molecule has 1 N–H and O–H groups in total. The minimum Gasteiger partial charge on any atom is -0.491 e. The van der Waals surface area contributed by atoms with Gasteiger partial charge in [-0.3, -0.25) is 0 Å². The lowest BCUT2D eigenvalue weighted by molar-refractivity contribution is -0.131. The first-order valence-electron chi connectivity index (χ1n) is 6.77. The van der Waals surface area contributed by atoms with Gasteiger partial charge in [-0.15, -0.1) is 0 Å². The van der Waals surface area contributed by atoms with Crippen molar-refractivity contribution in [1.82, 2.24) is 4.90 Å². The molecule has 1 aromatic carbocycles. The number of rotatable bonds is 3. The Kier molecular flexibility index (Phi) is 3.17. The molecule has 0 aromatic heterocycles. The molecule has 4 nitrogen and oxygen atoms in total. The molecule has 0 spiro atoms. The minimum absolute atomic E-state index is 0.333. The summed E-state index contributed by atoms with van der Waals surface area (Å²) in [4.78, 5) is 2.31. The number of fused-ring (bicyclic) bond motifs is 3. The summed E-state index contributed by atoms with van der Waals surface area (Å²) in [5.41, 5.74) is -0.0985. The fourth-order valence-corrected chi connectivity index (χ4v) is 3.14. The van der Waals surface area contributed by atoms with Crippen LogP contribution < -0.4 is 4.74 Å². The van der Waals surface area contributed by atoms with Crippen LogP contribution in [-0.2, 0) is 0 Å². The van der Waals surface area contributed by atoms with E-state index in [1.165, 1.54) is 0 Å². The van der Waals surface area contributed by atoms with Gasteiger partial charge in [0.05, 0.1) is 11.6 Å². The van der Waals surface area contributed by atoms with Crippen molar-refractivity contribution in [3.63, 3.8) is 0 Å². The smallest absolute Gasteiger partial charge is 0.119 e.